The molecule has 2 N–H and O–H groups in total. The molecule has 94 valence electrons. The third kappa shape index (κ3) is 3.35. The predicted molar refractivity (Wildman–Crippen MR) is 57.8 cm³/mol. The molecule has 0 saturated carbocycles. The topological polar surface area (TPSA) is 75.4 Å². The minimum atomic E-state index is -1.23. The molecule has 0 bridgehead atoms. The zero-order chi connectivity index (χ0) is 13.0. The van der Waals surface area contributed by atoms with Crippen molar-refractivity contribution in [2.75, 3.05) is 11.9 Å². The van der Waals surface area contributed by atoms with E-state index in [0.717, 1.165) is 6.07 Å². The Morgan fingerprint density at radius 3 is 2.71 bits per heavy atom. The fourth-order valence-corrected chi connectivity index (χ4v) is 1.39. The highest BCUT2D eigenvalue weighted by Gasteiger charge is 2.22. The maximum atomic E-state index is 13.2. The number of hydrogen-bond donors (Lipinski definition) is 2. The first-order chi connectivity index (χ1) is 7.95. The van der Waals surface area contributed by atoms with E-state index in [0.29, 0.717) is 12.5 Å². The highest BCUT2D eigenvalue weighted by Crippen LogP contribution is 2.29. The molecule has 1 aromatic carbocycles. The van der Waals surface area contributed by atoms with E-state index in [4.69, 9.17) is 5.11 Å². The van der Waals surface area contributed by atoms with Gasteiger partial charge in [-0.2, -0.15) is 4.39 Å². The molecule has 0 aliphatic carbocycles. The van der Waals surface area contributed by atoms with Crippen molar-refractivity contribution in [3.63, 3.8) is 0 Å². The lowest BCUT2D eigenvalue weighted by Gasteiger charge is -2.14. The minimum absolute atomic E-state index is 0.125. The van der Waals surface area contributed by atoms with Gasteiger partial charge >= 0.3 is 5.69 Å². The molecule has 1 aromatic rings. The minimum Gasteiger partial charge on any atom is -0.396 e. The largest absolute Gasteiger partial charge is 0.396 e. The number of aliphatic hydroxyl groups excluding tert-OH is 1. The Bertz CT molecular complexity index is 426. The molecule has 1 unspecified atom stereocenters. The van der Waals surface area contributed by atoms with Gasteiger partial charge in [0.15, 0.2) is 0 Å². The molecule has 0 amide bonds. The smallest absolute Gasteiger partial charge is 0.327 e. The van der Waals surface area contributed by atoms with Crippen LogP contribution in [0.3, 0.4) is 0 Å². The van der Waals surface area contributed by atoms with E-state index >= 15 is 0 Å². The second kappa shape index (κ2) is 5.53. The molecule has 7 heteroatoms. The lowest BCUT2D eigenvalue weighted by molar-refractivity contribution is -0.386. The predicted octanol–water partition coefficient (Wildman–Crippen LogP) is 2.06. The van der Waals surface area contributed by atoms with Gasteiger partial charge in [0, 0.05) is 24.8 Å². The Morgan fingerprint density at radius 2 is 2.18 bits per heavy atom. The Morgan fingerprint density at radius 1 is 1.53 bits per heavy atom. The van der Waals surface area contributed by atoms with Crippen LogP contribution in [0.5, 0.6) is 0 Å². The number of nitrogens with zero attached hydrogens (tertiary/aromatic N) is 1. The van der Waals surface area contributed by atoms with Crippen LogP contribution in [0.1, 0.15) is 13.3 Å². The van der Waals surface area contributed by atoms with Crippen LogP contribution in [0, 0.1) is 21.7 Å². The van der Waals surface area contributed by atoms with Gasteiger partial charge in [-0.1, -0.05) is 0 Å². The number of benzene rings is 1. The summed E-state index contributed by atoms with van der Waals surface area (Å²) in [5.74, 6) is -2.12. The van der Waals surface area contributed by atoms with Crippen molar-refractivity contribution in [2.24, 2.45) is 0 Å². The third-order valence-electron chi connectivity index (χ3n) is 2.17. The quantitative estimate of drug-likeness (QED) is 0.616. The van der Waals surface area contributed by atoms with E-state index in [1.807, 2.05) is 0 Å². The number of rotatable bonds is 5. The molecule has 0 heterocycles. The maximum absolute atomic E-state index is 13.2. The Hall–Kier alpha value is -1.76. The Labute approximate surface area is 96.2 Å². The lowest BCUT2D eigenvalue weighted by atomic mass is 10.2. The zero-order valence-electron chi connectivity index (χ0n) is 9.11. The standard InChI is InChI=1S/C10H12F2N2O3/c1-6(2-3-15)13-9-5-7(11)4-8(12)10(9)14(16)17/h4-6,13,15H,2-3H2,1H3. The molecule has 5 nitrogen and oxygen atoms in total. The first-order valence-electron chi connectivity index (χ1n) is 4.96. The van der Waals surface area contributed by atoms with E-state index < -0.39 is 22.2 Å². The van der Waals surface area contributed by atoms with Crippen LogP contribution in [0.25, 0.3) is 0 Å². The monoisotopic (exact) mass is 246 g/mol. The summed E-state index contributed by atoms with van der Waals surface area (Å²) in [6, 6.07) is 0.981. The van der Waals surface area contributed by atoms with Gasteiger partial charge in [-0.15, -0.1) is 0 Å². The summed E-state index contributed by atoms with van der Waals surface area (Å²) in [6.45, 7) is 1.52. The number of hydrogen-bond acceptors (Lipinski definition) is 4. The lowest BCUT2D eigenvalue weighted by Crippen LogP contribution is -2.18. The third-order valence-corrected chi connectivity index (χ3v) is 2.17. The summed E-state index contributed by atoms with van der Waals surface area (Å²) in [7, 11) is 0. The molecule has 0 saturated heterocycles. The van der Waals surface area contributed by atoms with E-state index in [1.165, 1.54) is 0 Å². The van der Waals surface area contributed by atoms with Crippen LogP contribution in [0.4, 0.5) is 20.2 Å². The van der Waals surface area contributed by atoms with Crippen LogP contribution in [0.15, 0.2) is 12.1 Å². The van der Waals surface area contributed by atoms with Crippen molar-refractivity contribution in [1.82, 2.24) is 0 Å². The van der Waals surface area contributed by atoms with Crippen molar-refractivity contribution in [3.8, 4) is 0 Å². The van der Waals surface area contributed by atoms with Gasteiger partial charge < -0.3 is 10.4 Å². The molecule has 0 aromatic heterocycles. The Kier molecular flexibility index (Phi) is 4.33. The number of anilines is 1. The average molecular weight is 246 g/mol. The normalized spacial score (nSPS) is 12.2. The summed E-state index contributed by atoms with van der Waals surface area (Å²) in [5, 5.41) is 21.9. The molecule has 0 fully saturated rings. The second-order valence-electron chi connectivity index (χ2n) is 3.60. The van der Waals surface area contributed by atoms with Gasteiger partial charge in [-0.05, 0) is 13.3 Å². The number of halogens is 2. The first-order valence-corrected chi connectivity index (χ1v) is 4.96. The molecule has 0 spiro atoms. The van der Waals surface area contributed by atoms with Crippen molar-refractivity contribution in [1.29, 1.82) is 0 Å². The summed E-state index contributed by atoms with van der Waals surface area (Å²) in [4.78, 5) is 9.73. The van der Waals surface area contributed by atoms with Gasteiger partial charge in [0.2, 0.25) is 5.82 Å². The number of nitro groups is 1. The summed E-state index contributed by atoms with van der Waals surface area (Å²) < 4.78 is 26.2. The second-order valence-corrected chi connectivity index (χ2v) is 3.60. The highest BCUT2D eigenvalue weighted by molar-refractivity contribution is 5.62. The summed E-state index contributed by atoms with van der Waals surface area (Å²) in [6.07, 6.45) is 0.315. The van der Waals surface area contributed by atoms with E-state index in [1.54, 1.807) is 6.92 Å². The average Bonchev–Trinajstić information content (AvgIpc) is 2.15. The van der Waals surface area contributed by atoms with Gasteiger partial charge in [0.05, 0.1) is 4.92 Å². The fraction of sp³-hybridized carbons (Fsp3) is 0.400. The van der Waals surface area contributed by atoms with Crippen LogP contribution in [-0.4, -0.2) is 22.7 Å². The van der Waals surface area contributed by atoms with Crippen LogP contribution >= 0.6 is 0 Å². The SMILES string of the molecule is CC(CCO)Nc1cc(F)cc(F)c1[N+](=O)[O-]. The van der Waals surface area contributed by atoms with E-state index in [-0.39, 0.29) is 18.3 Å². The van der Waals surface area contributed by atoms with Crippen LogP contribution < -0.4 is 5.32 Å². The molecular weight excluding hydrogens is 234 g/mol. The first kappa shape index (κ1) is 13.3. The number of nitro benzene ring substituents is 1. The maximum Gasteiger partial charge on any atom is 0.327 e. The van der Waals surface area contributed by atoms with Gasteiger partial charge in [0.1, 0.15) is 11.5 Å². The molecule has 1 rings (SSSR count). The number of nitrogens with one attached hydrogen (secondary N) is 1. The van der Waals surface area contributed by atoms with Gasteiger partial charge in [-0.3, -0.25) is 10.1 Å². The molecular formula is C10H12F2N2O3. The van der Waals surface area contributed by atoms with Crippen LogP contribution in [-0.2, 0) is 0 Å². The molecule has 0 radical (unpaired) electrons. The van der Waals surface area contributed by atoms with Crippen molar-refractivity contribution < 1.29 is 18.8 Å². The Balaban J connectivity index is 3.08. The van der Waals surface area contributed by atoms with E-state index in [9.17, 15) is 18.9 Å². The zero-order valence-corrected chi connectivity index (χ0v) is 9.11. The highest BCUT2D eigenvalue weighted by atomic mass is 19.1. The molecule has 1 atom stereocenters. The van der Waals surface area contributed by atoms with Crippen molar-refractivity contribution in [3.05, 3.63) is 33.9 Å². The van der Waals surface area contributed by atoms with Crippen LogP contribution in [0.2, 0.25) is 0 Å². The van der Waals surface area contributed by atoms with Crippen molar-refractivity contribution >= 4 is 11.4 Å². The van der Waals surface area contributed by atoms with Gasteiger partial charge in [-0.25, -0.2) is 4.39 Å². The van der Waals surface area contributed by atoms with Crippen molar-refractivity contribution in [2.45, 2.75) is 19.4 Å². The van der Waals surface area contributed by atoms with Gasteiger partial charge in [0.25, 0.3) is 0 Å². The molecule has 0 aliphatic rings. The molecule has 17 heavy (non-hydrogen) atoms. The fourth-order valence-electron chi connectivity index (χ4n) is 1.39. The number of aliphatic hydroxyl groups is 1. The summed E-state index contributed by atoms with van der Waals surface area (Å²) >= 11 is 0. The molecule has 0 aliphatic heterocycles. The van der Waals surface area contributed by atoms with E-state index in [2.05, 4.69) is 5.32 Å². The summed E-state index contributed by atoms with van der Waals surface area (Å²) in [5.41, 5.74) is -1.02.